The second-order valence-electron chi connectivity index (χ2n) is 3.36. The van der Waals surface area contributed by atoms with Crippen LogP contribution in [0.4, 0.5) is 0 Å². The lowest BCUT2D eigenvalue weighted by molar-refractivity contribution is -0.306. The van der Waals surface area contributed by atoms with Gasteiger partial charge >= 0.3 is 0 Å². The Morgan fingerprint density at radius 3 is 2.57 bits per heavy atom. The van der Waals surface area contributed by atoms with Gasteiger partial charge in [-0.3, -0.25) is 0 Å². The maximum atomic E-state index is 10.2. The van der Waals surface area contributed by atoms with Crippen molar-refractivity contribution in [1.82, 2.24) is 0 Å². The van der Waals surface area contributed by atoms with Gasteiger partial charge in [-0.25, -0.2) is 0 Å². The first kappa shape index (κ1) is 10.7. The fourth-order valence-electron chi connectivity index (χ4n) is 1.31. The minimum atomic E-state index is -1.08. The topological polar surface area (TPSA) is 66.2 Å². The molecule has 2 N–H and O–H groups in total. The van der Waals surface area contributed by atoms with Gasteiger partial charge in [0, 0.05) is 18.4 Å². The van der Waals surface area contributed by atoms with Crippen molar-refractivity contribution in [2.24, 2.45) is 5.73 Å². The zero-order valence-electron chi connectivity index (χ0n) is 7.98. The molecule has 1 atom stereocenters. The monoisotopic (exact) mass is 192 g/mol. The molecule has 0 aliphatic carbocycles. The Morgan fingerprint density at radius 2 is 2.00 bits per heavy atom. The van der Waals surface area contributed by atoms with Gasteiger partial charge in [-0.2, -0.15) is 0 Å². The van der Waals surface area contributed by atoms with Crippen LogP contribution in [0.25, 0.3) is 0 Å². The second-order valence-corrected chi connectivity index (χ2v) is 3.36. The minimum absolute atomic E-state index is 0.0627. The van der Waals surface area contributed by atoms with Gasteiger partial charge in [-0.15, -0.1) is 0 Å². The lowest BCUT2D eigenvalue weighted by Gasteiger charge is -2.11. The van der Waals surface area contributed by atoms with Gasteiger partial charge in [0.05, 0.1) is 0 Å². The molecule has 0 fully saturated rings. The fourth-order valence-corrected chi connectivity index (χ4v) is 1.31. The summed E-state index contributed by atoms with van der Waals surface area (Å²) in [6.45, 7) is 0. The number of aliphatic carboxylic acids is 1. The largest absolute Gasteiger partial charge is 0.550 e. The average molecular weight is 192 g/mol. The summed E-state index contributed by atoms with van der Waals surface area (Å²) in [4.78, 5) is 10.2. The number of nitrogens with two attached hydrogens (primary N) is 1. The summed E-state index contributed by atoms with van der Waals surface area (Å²) in [5, 5.41) is 10.2. The molecule has 1 aromatic carbocycles. The first-order valence-electron chi connectivity index (χ1n) is 4.68. The first-order chi connectivity index (χ1) is 6.68. The molecule has 76 valence electrons. The van der Waals surface area contributed by atoms with E-state index < -0.39 is 5.97 Å². The van der Waals surface area contributed by atoms with Crippen LogP contribution in [0, 0.1) is 0 Å². The van der Waals surface area contributed by atoms with Gasteiger partial charge < -0.3 is 15.6 Å². The van der Waals surface area contributed by atoms with Crippen LogP contribution in [0.15, 0.2) is 30.3 Å². The van der Waals surface area contributed by atoms with Gasteiger partial charge in [0.15, 0.2) is 0 Å². The van der Waals surface area contributed by atoms with E-state index in [9.17, 15) is 9.90 Å². The summed E-state index contributed by atoms with van der Waals surface area (Å²) in [6.07, 6.45) is 1.43. The van der Waals surface area contributed by atoms with Crippen molar-refractivity contribution in [3.8, 4) is 0 Å². The van der Waals surface area contributed by atoms with Gasteiger partial charge in [0.2, 0.25) is 0 Å². The Bertz CT molecular complexity index is 285. The van der Waals surface area contributed by atoms with Crippen molar-refractivity contribution in [1.29, 1.82) is 0 Å². The van der Waals surface area contributed by atoms with Crippen molar-refractivity contribution in [3.05, 3.63) is 35.9 Å². The molecule has 3 nitrogen and oxygen atoms in total. The predicted molar refractivity (Wildman–Crippen MR) is 52.4 cm³/mol. The summed E-state index contributed by atoms with van der Waals surface area (Å²) in [5.41, 5.74) is 6.78. The molecule has 0 spiro atoms. The molecule has 0 heterocycles. The lowest BCUT2D eigenvalue weighted by Crippen LogP contribution is -2.32. The number of carbonyl (C=O) groups excluding carboxylic acids is 1. The molecule has 0 aromatic heterocycles. The first-order valence-corrected chi connectivity index (χ1v) is 4.68. The van der Waals surface area contributed by atoms with Crippen LogP contribution in [-0.2, 0) is 11.2 Å². The highest BCUT2D eigenvalue weighted by molar-refractivity contribution is 5.64. The van der Waals surface area contributed by atoms with Crippen LogP contribution in [0.5, 0.6) is 0 Å². The van der Waals surface area contributed by atoms with E-state index in [1.54, 1.807) is 0 Å². The van der Waals surface area contributed by atoms with Crippen molar-refractivity contribution >= 4 is 5.97 Å². The van der Waals surface area contributed by atoms with Crippen LogP contribution in [-0.4, -0.2) is 12.0 Å². The predicted octanol–water partition coefficient (Wildman–Crippen LogP) is 0.0865. The molecule has 0 saturated heterocycles. The molecule has 0 aliphatic rings. The molecule has 0 amide bonds. The Kier molecular flexibility index (Phi) is 4.13. The Hall–Kier alpha value is -1.35. The molecular formula is C11H14NO2-. The standard InChI is InChI=1S/C11H15NO2/c12-10(8-11(13)14)7-6-9-4-2-1-3-5-9/h1-5,10H,6-8,12H2,(H,13,14)/p-1. The number of hydrogen-bond acceptors (Lipinski definition) is 3. The smallest absolute Gasteiger partial charge is 0.0429 e. The number of aryl methyl sites for hydroxylation is 1. The average Bonchev–Trinajstić information content (AvgIpc) is 2.15. The van der Waals surface area contributed by atoms with E-state index in [2.05, 4.69) is 0 Å². The molecule has 0 saturated carbocycles. The Labute approximate surface area is 83.6 Å². The van der Waals surface area contributed by atoms with E-state index in [4.69, 9.17) is 5.73 Å². The summed E-state index contributed by atoms with van der Waals surface area (Å²) in [6, 6.07) is 9.57. The van der Waals surface area contributed by atoms with Crippen LogP contribution < -0.4 is 10.8 Å². The van der Waals surface area contributed by atoms with Crippen molar-refractivity contribution in [2.45, 2.75) is 25.3 Å². The fraction of sp³-hybridized carbons (Fsp3) is 0.364. The van der Waals surface area contributed by atoms with Crippen molar-refractivity contribution in [2.75, 3.05) is 0 Å². The third kappa shape index (κ3) is 4.05. The van der Waals surface area contributed by atoms with Gasteiger partial charge in [0.1, 0.15) is 0 Å². The molecule has 1 unspecified atom stereocenters. The summed E-state index contributed by atoms with van der Waals surface area (Å²) < 4.78 is 0. The van der Waals surface area contributed by atoms with E-state index in [0.29, 0.717) is 6.42 Å². The number of rotatable bonds is 5. The Balaban J connectivity index is 2.30. The molecule has 0 bridgehead atoms. The van der Waals surface area contributed by atoms with E-state index in [-0.39, 0.29) is 12.5 Å². The second kappa shape index (κ2) is 5.40. The molecule has 3 heteroatoms. The normalized spacial score (nSPS) is 12.4. The quantitative estimate of drug-likeness (QED) is 0.718. The highest BCUT2D eigenvalue weighted by Gasteiger charge is 2.02. The number of benzene rings is 1. The van der Waals surface area contributed by atoms with E-state index in [1.165, 1.54) is 5.56 Å². The van der Waals surface area contributed by atoms with E-state index in [1.807, 2.05) is 30.3 Å². The number of carboxylic acid groups (broad SMARTS) is 1. The van der Waals surface area contributed by atoms with Gasteiger partial charge in [-0.1, -0.05) is 30.3 Å². The number of hydrogen-bond donors (Lipinski definition) is 1. The third-order valence-corrected chi connectivity index (χ3v) is 2.08. The molecule has 0 radical (unpaired) electrons. The Morgan fingerprint density at radius 1 is 1.36 bits per heavy atom. The molecule has 0 aliphatic heterocycles. The van der Waals surface area contributed by atoms with Gasteiger partial charge in [-0.05, 0) is 18.4 Å². The van der Waals surface area contributed by atoms with Crippen LogP contribution in [0.2, 0.25) is 0 Å². The summed E-state index contributed by atoms with van der Waals surface area (Å²) >= 11 is 0. The highest BCUT2D eigenvalue weighted by atomic mass is 16.4. The molecule has 14 heavy (non-hydrogen) atoms. The number of carboxylic acids is 1. The van der Waals surface area contributed by atoms with Crippen LogP contribution in [0.3, 0.4) is 0 Å². The molecular weight excluding hydrogens is 178 g/mol. The maximum absolute atomic E-state index is 10.2. The summed E-state index contributed by atoms with van der Waals surface area (Å²) in [5.74, 6) is -1.08. The maximum Gasteiger partial charge on any atom is 0.0429 e. The molecule has 1 aromatic rings. The highest BCUT2D eigenvalue weighted by Crippen LogP contribution is 2.05. The SMILES string of the molecule is NC(CCc1ccccc1)CC(=O)[O-]. The van der Waals surface area contributed by atoms with E-state index in [0.717, 1.165) is 6.42 Å². The van der Waals surface area contributed by atoms with Gasteiger partial charge in [0.25, 0.3) is 0 Å². The third-order valence-electron chi connectivity index (χ3n) is 2.08. The lowest BCUT2D eigenvalue weighted by atomic mass is 10.0. The molecule has 1 rings (SSSR count). The van der Waals surface area contributed by atoms with Crippen LogP contribution in [0.1, 0.15) is 18.4 Å². The van der Waals surface area contributed by atoms with Crippen molar-refractivity contribution in [3.63, 3.8) is 0 Å². The minimum Gasteiger partial charge on any atom is -0.550 e. The van der Waals surface area contributed by atoms with Crippen molar-refractivity contribution < 1.29 is 9.90 Å². The van der Waals surface area contributed by atoms with E-state index >= 15 is 0 Å². The number of carbonyl (C=O) groups is 1. The zero-order valence-corrected chi connectivity index (χ0v) is 7.98. The van der Waals surface area contributed by atoms with Crippen LogP contribution >= 0.6 is 0 Å². The zero-order chi connectivity index (χ0) is 10.4. The summed E-state index contributed by atoms with van der Waals surface area (Å²) in [7, 11) is 0.